The van der Waals surface area contributed by atoms with Crippen LogP contribution in [0.3, 0.4) is 0 Å². The van der Waals surface area contributed by atoms with E-state index in [1.165, 1.54) is 6.92 Å². The number of rotatable bonds is 4. The van der Waals surface area contributed by atoms with Crippen molar-refractivity contribution < 1.29 is 19.5 Å². The molecule has 0 aromatic carbocycles. The van der Waals surface area contributed by atoms with Crippen molar-refractivity contribution in [3.8, 4) is 0 Å². The first-order valence-electron chi connectivity index (χ1n) is 2.73. The van der Waals surface area contributed by atoms with Gasteiger partial charge in [-0.2, -0.15) is 5.48 Å². The molecule has 10 heavy (non-hydrogen) atoms. The van der Waals surface area contributed by atoms with Gasteiger partial charge in [0.1, 0.15) is 0 Å². The molecule has 0 saturated heterocycles. The molecule has 5 nitrogen and oxygen atoms in total. The van der Waals surface area contributed by atoms with Crippen molar-refractivity contribution in [1.82, 2.24) is 5.48 Å². The van der Waals surface area contributed by atoms with E-state index in [1.807, 2.05) is 0 Å². The first-order chi connectivity index (χ1) is 4.66. The van der Waals surface area contributed by atoms with Crippen molar-refractivity contribution in [1.29, 1.82) is 0 Å². The van der Waals surface area contributed by atoms with Crippen molar-refractivity contribution in [3.63, 3.8) is 0 Å². The lowest BCUT2D eigenvalue weighted by Gasteiger charge is -2.01. The van der Waals surface area contributed by atoms with Crippen LogP contribution >= 0.6 is 0 Å². The smallest absolute Gasteiger partial charge is 0.334 e. The number of nitrogens with one attached hydrogen (secondary N) is 1. The summed E-state index contributed by atoms with van der Waals surface area (Å²) >= 11 is 0. The number of hydrogen-bond donors (Lipinski definition) is 2. The predicted molar refractivity (Wildman–Crippen MR) is 31.6 cm³/mol. The number of amides is 1. The van der Waals surface area contributed by atoms with Gasteiger partial charge < -0.3 is 9.94 Å². The lowest BCUT2D eigenvalue weighted by atomic mass is 10.3. The van der Waals surface area contributed by atoms with Gasteiger partial charge in [0.15, 0.2) is 0 Å². The summed E-state index contributed by atoms with van der Waals surface area (Å²) in [4.78, 5) is 24.0. The average Bonchev–Trinajstić information content (AvgIpc) is 1.82. The van der Waals surface area contributed by atoms with Crippen LogP contribution in [-0.2, 0) is 14.4 Å². The number of carbonyl (C=O) groups excluding carboxylic acids is 2. The lowest BCUT2D eigenvalue weighted by molar-refractivity contribution is -0.156. The first-order valence-corrected chi connectivity index (χ1v) is 2.73. The van der Waals surface area contributed by atoms with Gasteiger partial charge in [-0.25, -0.2) is 4.79 Å². The standard InChI is InChI=1S/C5H9NO4/c1-4(8)2-5(9)10-6-3-7/h3-4,8H,2H2,1H3,(H,6,7). The van der Waals surface area contributed by atoms with Crippen LogP contribution in [0.4, 0.5) is 0 Å². The Morgan fingerprint density at radius 2 is 2.50 bits per heavy atom. The lowest BCUT2D eigenvalue weighted by Crippen LogP contribution is -2.21. The van der Waals surface area contributed by atoms with E-state index in [0.717, 1.165) is 0 Å². The largest absolute Gasteiger partial charge is 0.393 e. The van der Waals surface area contributed by atoms with E-state index in [-0.39, 0.29) is 12.8 Å². The quantitative estimate of drug-likeness (QED) is 0.393. The van der Waals surface area contributed by atoms with E-state index >= 15 is 0 Å². The topological polar surface area (TPSA) is 75.6 Å². The van der Waals surface area contributed by atoms with Crippen LogP contribution in [0.15, 0.2) is 0 Å². The summed E-state index contributed by atoms with van der Waals surface area (Å²) in [5, 5.41) is 8.61. The van der Waals surface area contributed by atoms with Crippen molar-refractivity contribution in [3.05, 3.63) is 0 Å². The molecular weight excluding hydrogens is 138 g/mol. The SMILES string of the molecule is CC(O)CC(=O)ONC=O. The molecule has 1 atom stereocenters. The second-order valence-electron chi connectivity index (χ2n) is 1.76. The highest BCUT2D eigenvalue weighted by Crippen LogP contribution is 1.89. The average molecular weight is 147 g/mol. The Balaban J connectivity index is 3.34. The van der Waals surface area contributed by atoms with E-state index in [0.29, 0.717) is 0 Å². The maximum atomic E-state index is 10.4. The Morgan fingerprint density at radius 3 is 2.90 bits per heavy atom. The van der Waals surface area contributed by atoms with Crippen molar-refractivity contribution >= 4 is 12.4 Å². The molecule has 0 rings (SSSR count). The molecule has 0 aromatic rings. The van der Waals surface area contributed by atoms with Crippen molar-refractivity contribution in [2.24, 2.45) is 0 Å². The van der Waals surface area contributed by atoms with E-state index in [4.69, 9.17) is 5.11 Å². The Kier molecular flexibility index (Phi) is 4.23. The van der Waals surface area contributed by atoms with Crippen molar-refractivity contribution in [2.45, 2.75) is 19.4 Å². The Bertz CT molecular complexity index is 123. The maximum absolute atomic E-state index is 10.4. The van der Waals surface area contributed by atoms with Gasteiger partial charge in [0.05, 0.1) is 12.5 Å². The first kappa shape index (κ1) is 8.90. The zero-order valence-electron chi connectivity index (χ0n) is 5.53. The van der Waals surface area contributed by atoms with Gasteiger partial charge >= 0.3 is 5.97 Å². The minimum atomic E-state index is -0.749. The molecule has 0 saturated carbocycles. The minimum absolute atomic E-state index is 0.124. The van der Waals surface area contributed by atoms with Gasteiger partial charge in [-0.1, -0.05) is 0 Å². The molecule has 58 valence electrons. The monoisotopic (exact) mass is 147 g/mol. The molecule has 1 unspecified atom stereocenters. The van der Waals surface area contributed by atoms with Gasteiger partial charge in [-0.05, 0) is 6.92 Å². The summed E-state index contributed by atoms with van der Waals surface area (Å²) in [5.41, 5.74) is 1.71. The fourth-order valence-corrected chi connectivity index (χ4v) is 0.373. The number of hydrogen-bond acceptors (Lipinski definition) is 4. The second-order valence-corrected chi connectivity index (χ2v) is 1.76. The van der Waals surface area contributed by atoms with Crippen molar-refractivity contribution in [2.75, 3.05) is 0 Å². The fraction of sp³-hybridized carbons (Fsp3) is 0.600. The van der Waals surface area contributed by atoms with Crippen LogP contribution in [0.25, 0.3) is 0 Å². The molecule has 2 N–H and O–H groups in total. The molecule has 0 aliphatic carbocycles. The van der Waals surface area contributed by atoms with Gasteiger partial charge in [0, 0.05) is 0 Å². The molecule has 0 aromatic heterocycles. The fourth-order valence-electron chi connectivity index (χ4n) is 0.373. The maximum Gasteiger partial charge on any atom is 0.334 e. The number of aliphatic hydroxyl groups excluding tert-OH is 1. The number of carbonyl (C=O) groups is 2. The minimum Gasteiger partial charge on any atom is -0.393 e. The zero-order chi connectivity index (χ0) is 7.98. The van der Waals surface area contributed by atoms with E-state index in [1.54, 1.807) is 5.48 Å². The highest BCUT2D eigenvalue weighted by atomic mass is 16.7. The van der Waals surface area contributed by atoms with Gasteiger partial charge in [-0.15, -0.1) is 0 Å². The zero-order valence-corrected chi connectivity index (χ0v) is 5.53. The third-order valence-corrected chi connectivity index (χ3v) is 0.683. The molecule has 0 spiro atoms. The highest BCUT2D eigenvalue weighted by molar-refractivity contribution is 5.70. The summed E-state index contributed by atoms with van der Waals surface area (Å²) in [6.07, 6.45) is -0.637. The van der Waals surface area contributed by atoms with Gasteiger partial charge in [-0.3, -0.25) is 4.79 Å². The number of aliphatic hydroxyl groups is 1. The van der Waals surface area contributed by atoms with Crippen LogP contribution in [-0.4, -0.2) is 23.6 Å². The van der Waals surface area contributed by atoms with Gasteiger partial charge in [0.2, 0.25) is 6.41 Å². The molecule has 5 heteroatoms. The number of hydroxylamine groups is 1. The van der Waals surface area contributed by atoms with Crippen LogP contribution in [0.1, 0.15) is 13.3 Å². The molecule has 0 bridgehead atoms. The third-order valence-electron chi connectivity index (χ3n) is 0.683. The second kappa shape index (κ2) is 4.75. The predicted octanol–water partition coefficient (Wildman–Crippen LogP) is -1.04. The molecule has 1 amide bonds. The normalized spacial score (nSPS) is 11.8. The Morgan fingerprint density at radius 1 is 1.90 bits per heavy atom. The van der Waals surface area contributed by atoms with E-state index in [9.17, 15) is 9.59 Å². The molecule has 0 fully saturated rings. The molecular formula is C5H9NO4. The van der Waals surface area contributed by atoms with Crippen LogP contribution in [0, 0.1) is 0 Å². The molecule has 0 aliphatic heterocycles. The third kappa shape index (κ3) is 5.04. The summed E-state index contributed by atoms with van der Waals surface area (Å²) in [5.74, 6) is -0.665. The molecule has 0 heterocycles. The van der Waals surface area contributed by atoms with Crippen LogP contribution in [0.5, 0.6) is 0 Å². The van der Waals surface area contributed by atoms with E-state index in [2.05, 4.69) is 4.84 Å². The molecule has 0 radical (unpaired) electrons. The van der Waals surface area contributed by atoms with E-state index < -0.39 is 12.1 Å². The summed E-state index contributed by atoms with van der Waals surface area (Å²) in [7, 11) is 0. The molecule has 0 aliphatic rings. The summed E-state index contributed by atoms with van der Waals surface area (Å²) in [6, 6.07) is 0. The highest BCUT2D eigenvalue weighted by Gasteiger charge is 2.06. The summed E-state index contributed by atoms with van der Waals surface area (Å²) in [6.45, 7) is 1.45. The Hall–Kier alpha value is -1.10. The van der Waals surface area contributed by atoms with Crippen LogP contribution in [0.2, 0.25) is 0 Å². The van der Waals surface area contributed by atoms with Gasteiger partial charge in [0.25, 0.3) is 0 Å². The van der Waals surface area contributed by atoms with Crippen LogP contribution < -0.4 is 5.48 Å². The Labute approximate surface area is 57.9 Å². The summed E-state index contributed by atoms with van der Waals surface area (Å²) < 4.78 is 0.